The van der Waals surface area contributed by atoms with E-state index in [1.54, 1.807) is 84.9 Å². The van der Waals surface area contributed by atoms with Gasteiger partial charge in [0, 0.05) is 11.4 Å². The molecule has 34 heavy (non-hydrogen) atoms. The molecule has 0 bridgehead atoms. The largest absolute Gasteiger partial charge is 0.468 e. The Bertz CT molecular complexity index is 1220. The number of carbonyl (C=O) groups is 4. The number of esters is 1. The smallest absolute Gasteiger partial charge is 0.325 e. The molecule has 1 aliphatic heterocycles. The van der Waals surface area contributed by atoms with Crippen LogP contribution in [-0.2, 0) is 19.1 Å². The number of benzene rings is 3. The average Bonchev–Trinajstić information content (AvgIpc) is 2.94. The predicted octanol–water partition coefficient (Wildman–Crippen LogP) is 3.06. The van der Waals surface area contributed by atoms with Gasteiger partial charge < -0.3 is 15.4 Å². The van der Waals surface area contributed by atoms with E-state index in [1.165, 1.54) is 12.0 Å². The van der Waals surface area contributed by atoms with Crippen molar-refractivity contribution in [3.05, 3.63) is 84.9 Å². The summed E-state index contributed by atoms with van der Waals surface area (Å²) in [5.74, 6) is -2.10. The first-order valence-corrected chi connectivity index (χ1v) is 10.5. The minimum absolute atomic E-state index is 0.336. The van der Waals surface area contributed by atoms with Gasteiger partial charge in [-0.05, 0) is 36.4 Å². The van der Waals surface area contributed by atoms with E-state index in [2.05, 4.69) is 10.6 Å². The van der Waals surface area contributed by atoms with E-state index in [9.17, 15) is 19.2 Å². The molecule has 9 nitrogen and oxygen atoms in total. The van der Waals surface area contributed by atoms with Crippen LogP contribution in [0.2, 0.25) is 0 Å². The maximum Gasteiger partial charge on any atom is 0.325 e. The van der Waals surface area contributed by atoms with Crippen LogP contribution in [-0.4, -0.2) is 43.5 Å². The fourth-order valence-corrected chi connectivity index (χ4v) is 3.65. The zero-order valence-corrected chi connectivity index (χ0v) is 18.3. The molecule has 0 radical (unpaired) electrons. The maximum absolute atomic E-state index is 13.7. The lowest BCUT2D eigenvalue weighted by atomic mass is 10.2. The van der Waals surface area contributed by atoms with Gasteiger partial charge >= 0.3 is 12.0 Å². The molecular weight excluding hydrogens is 436 g/mol. The molecule has 3 aromatic carbocycles. The lowest BCUT2D eigenvalue weighted by Gasteiger charge is -2.25. The number of amides is 4. The van der Waals surface area contributed by atoms with Crippen molar-refractivity contribution >= 4 is 46.6 Å². The number of anilines is 4. The Morgan fingerprint density at radius 3 is 2.06 bits per heavy atom. The van der Waals surface area contributed by atoms with E-state index in [-0.39, 0.29) is 0 Å². The van der Waals surface area contributed by atoms with Crippen molar-refractivity contribution in [3.63, 3.8) is 0 Å². The summed E-state index contributed by atoms with van der Waals surface area (Å²) >= 11 is 0. The quantitative estimate of drug-likeness (QED) is 0.451. The molecule has 0 saturated heterocycles. The Morgan fingerprint density at radius 2 is 1.41 bits per heavy atom. The summed E-state index contributed by atoms with van der Waals surface area (Å²) in [5.41, 5.74) is 1.72. The lowest BCUT2D eigenvalue weighted by Crippen LogP contribution is -2.56. The van der Waals surface area contributed by atoms with Crippen LogP contribution in [0.3, 0.4) is 0 Å². The van der Waals surface area contributed by atoms with E-state index in [0.29, 0.717) is 22.7 Å². The fourth-order valence-electron chi connectivity index (χ4n) is 3.65. The second-order valence-corrected chi connectivity index (χ2v) is 7.40. The van der Waals surface area contributed by atoms with Gasteiger partial charge in [0.1, 0.15) is 6.54 Å². The van der Waals surface area contributed by atoms with Crippen LogP contribution in [0.5, 0.6) is 0 Å². The number of nitrogens with one attached hydrogen (secondary N) is 2. The Hall–Kier alpha value is -4.66. The molecule has 0 unspecified atom stereocenters. The van der Waals surface area contributed by atoms with Crippen LogP contribution in [0.4, 0.5) is 27.5 Å². The highest BCUT2D eigenvalue weighted by Gasteiger charge is 2.42. The monoisotopic (exact) mass is 458 g/mol. The molecule has 0 fully saturated rings. The summed E-state index contributed by atoms with van der Waals surface area (Å²) in [4.78, 5) is 54.7. The van der Waals surface area contributed by atoms with Gasteiger partial charge in [-0.2, -0.15) is 0 Å². The molecule has 0 spiro atoms. The molecule has 1 heterocycles. The third-order valence-electron chi connectivity index (χ3n) is 5.23. The Morgan fingerprint density at radius 1 is 0.824 bits per heavy atom. The number of carbonyl (C=O) groups excluding carboxylic acids is 4. The molecule has 4 rings (SSSR count). The van der Waals surface area contributed by atoms with Gasteiger partial charge in [0.25, 0.3) is 11.8 Å². The van der Waals surface area contributed by atoms with Gasteiger partial charge in [-0.25, -0.2) is 4.79 Å². The van der Waals surface area contributed by atoms with Crippen LogP contribution < -0.4 is 20.4 Å². The Kier molecular flexibility index (Phi) is 6.54. The second-order valence-electron chi connectivity index (χ2n) is 7.40. The fraction of sp³-hybridized carbons (Fsp3) is 0.120. The van der Waals surface area contributed by atoms with Crippen LogP contribution in [0, 0.1) is 0 Å². The molecule has 1 atom stereocenters. The van der Waals surface area contributed by atoms with Gasteiger partial charge in [-0.3, -0.25) is 24.2 Å². The van der Waals surface area contributed by atoms with Crippen LogP contribution in [0.15, 0.2) is 84.9 Å². The lowest BCUT2D eigenvalue weighted by molar-refractivity contribution is -0.140. The van der Waals surface area contributed by atoms with E-state index in [1.807, 2.05) is 0 Å². The standard InChI is InChI=1S/C25H22N4O5/c1-34-21(30)16-28-19-14-8-9-15-20(19)29(18-12-6-3-7-13-18)24(32)22(23(28)31)27-25(33)26-17-10-4-2-5-11-17/h2-15,22H,16H2,1H3,(H2,26,27,33)/t22-/m0/s1. The summed E-state index contributed by atoms with van der Waals surface area (Å²) in [6, 6.07) is 21.8. The van der Waals surface area contributed by atoms with Gasteiger partial charge in [0.15, 0.2) is 6.04 Å². The summed E-state index contributed by atoms with van der Waals surface area (Å²) in [7, 11) is 1.21. The van der Waals surface area contributed by atoms with Crippen molar-refractivity contribution in [1.82, 2.24) is 5.32 Å². The zero-order valence-electron chi connectivity index (χ0n) is 18.3. The van der Waals surface area contributed by atoms with Crippen molar-refractivity contribution < 1.29 is 23.9 Å². The number of rotatable bonds is 5. The number of hydrogen-bond donors (Lipinski definition) is 2. The molecule has 0 aliphatic carbocycles. The highest BCUT2D eigenvalue weighted by Crippen LogP contribution is 2.37. The normalized spacial score (nSPS) is 15.3. The molecule has 0 aromatic heterocycles. The SMILES string of the molecule is COC(=O)CN1C(=O)[C@H](NC(=O)Nc2ccccc2)C(=O)N(c2ccccc2)c2ccccc21. The zero-order chi connectivity index (χ0) is 24.1. The topological polar surface area (TPSA) is 108 Å². The molecule has 2 N–H and O–H groups in total. The van der Waals surface area contributed by atoms with Gasteiger partial charge in [-0.15, -0.1) is 0 Å². The predicted molar refractivity (Wildman–Crippen MR) is 127 cm³/mol. The van der Waals surface area contributed by atoms with Crippen LogP contribution >= 0.6 is 0 Å². The maximum atomic E-state index is 13.7. The molecule has 3 aromatic rings. The van der Waals surface area contributed by atoms with E-state index in [4.69, 9.17) is 4.74 Å². The highest BCUT2D eigenvalue weighted by molar-refractivity contribution is 6.24. The molecule has 1 aliphatic rings. The van der Waals surface area contributed by atoms with Gasteiger partial charge in [0.05, 0.1) is 18.5 Å². The molecule has 0 saturated carbocycles. The van der Waals surface area contributed by atoms with Crippen molar-refractivity contribution in [3.8, 4) is 0 Å². The Balaban J connectivity index is 1.76. The van der Waals surface area contributed by atoms with Crippen molar-refractivity contribution in [2.45, 2.75) is 6.04 Å². The minimum atomic E-state index is -1.60. The van der Waals surface area contributed by atoms with E-state index in [0.717, 1.165) is 4.90 Å². The van der Waals surface area contributed by atoms with Crippen molar-refractivity contribution in [1.29, 1.82) is 0 Å². The molecular formula is C25H22N4O5. The summed E-state index contributed by atoms with van der Waals surface area (Å²) in [5, 5.41) is 5.09. The average molecular weight is 458 g/mol. The molecule has 9 heteroatoms. The number of methoxy groups -OCH3 is 1. The van der Waals surface area contributed by atoms with Gasteiger partial charge in [-0.1, -0.05) is 48.5 Å². The van der Waals surface area contributed by atoms with Gasteiger partial charge in [0.2, 0.25) is 0 Å². The number of fused-ring (bicyclic) bond motifs is 1. The summed E-state index contributed by atoms with van der Waals surface area (Å²) in [6.07, 6.45) is 0. The van der Waals surface area contributed by atoms with Crippen molar-refractivity contribution in [2.75, 3.05) is 28.8 Å². The highest BCUT2D eigenvalue weighted by atomic mass is 16.5. The first-order valence-electron chi connectivity index (χ1n) is 10.5. The summed E-state index contributed by atoms with van der Waals surface area (Å²) < 4.78 is 4.76. The minimum Gasteiger partial charge on any atom is -0.468 e. The molecule has 172 valence electrons. The van der Waals surface area contributed by atoms with E-state index < -0.39 is 36.4 Å². The number of urea groups is 1. The number of nitrogens with zero attached hydrogens (tertiary/aromatic N) is 2. The third kappa shape index (κ3) is 4.58. The van der Waals surface area contributed by atoms with E-state index >= 15 is 0 Å². The third-order valence-corrected chi connectivity index (χ3v) is 5.23. The van der Waals surface area contributed by atoms with Crippen LogP contribution in [0.1, 0.15) is 0 Å². The van der Waals surface area contributed by atoms with Crippen molar-refractivity contribution in [2.24, 2.45) is 0 Å². The second kappa shape index (κ2) is 9.86. The summed E-state index contributed by atoms with van der Waals surface area (Å²) in [6.45, 7) is -0.430. The van der Waals surface area contributed by atoms with Crippen LogP contribution in [0.25, 0.3) is 0 Å². The number of para-hydroxylation sites is 4. The Labute approximate surface area is 195 Å². The first kappa shape index (κ1) is 22.5. The molecule has 4 amide bonds. The number of hydrogen-bond acceptors (Lipinski definition) is 5. The first-order chi connectivity index (χ1) is 16.5. The number of ether oxygens (including phenoxy) is 1.